The topological polar surface area (TPSA) is 93.2 Å². The molecule has 0 spiro atoms. The van der Waals surface area contributed by atoms with Gasteiger partial charge >= 0.3 is 0 Å². The van der Waals surface area contributed by atoms with Crippen LogP contribution in [0.25, 0.3) is 22.5 Å². The van der Waals surface area contributed by atoms with E-state index < -0.39 is 0 Å². The molecule has 2 N–H and O–H groups in total. The summed E-state index contributed by atoms with van der Waals surface area (Å²) in [7, 11) is 0. The molecule has 4 aromatic rings. The smallest absolute Gasteiger partial charge is 0.252 e. The number of carbonyl (C=O) groups excluding carboxylic acids is 2. The Bertz CT molecular complexity index is 1340. The van der Waals surface area contributed by atoms with Crippen molar-refractivity contribution in [2.45, 2.75) is 21.3 Å². The van der Waals surface area contributed by atoms with Gasteiger partial charge in [-0.15, -0.1) is 46.2 Å². The van der Waals surface area contributed by atoms with Crippen molar-refractivity contribution in [3.05, 3.63) is 58.3 Å². The second kappa shape index (κ2) is 9.75. The third kappa shape index (κ3) is 4.74. The van der Waals surface area contributed by atoms with Crippen LogP contribution in [-0.4, -0.2) is 35.0 Å². The molecule has 0 saturated carbocycles. The fraction of sp³-hybridized carbons (Fsp3) is 0.167. The summed E-state index contributed by atoms with van der Waals surface area (Å²) in [4.78, 5) is 38.6. The minimum atomic E-state index is -0.344. The Kier molecular flexibility index (Phi) is 6.33. The molecule has 7 nitrogen and oxygen atoms in total. The highest BCUT2D eigenvalue weighted by atomic mass is 32.2. The molecule has 0 atom stereocenters. The summed E-state index contributed by atoms with van der Waals surface area (Å²) in [6.45, 7) is -0.469. The number of nitrogens with one attached hydrogen (secondary N) is 2. The summed E-state index contributed by atoms with van der Waals surface area (Å²) < 4.78 is 5.34. The number of ether oxygens (including phenoxy) is 1. The quantitative estimate of drug-likeness (QED) is 0.323. The summed E-state index contributed by atoms with van der Waals surface area (Å²) in [5.41, 5.74) is 4.03. The van der Waals surface area contributed by atoms with Gasteiger partial charge in [-0.25, -0.2) is 9.97 Å². The lowest BCUT2D eigenvalue weighted by molar-refractivity contribution is -0.125. The van der Waals surface area contributed by atoms with E-state index in [0.29, 0.717) is 10.3 Å². The van der Waals surface area contributed by atoms with E-state index in [0.717, 1.165) is 43.8 Å². The van der Waals surface area contributed by atoms with Crippen LogP contribution in [-0.2, 0) is 25.8 Å². The molecule has 0 radical (unpaired) electrons. The van der Waals surface area contributed by atoms with Crippen LogP contribution < -0.4 is 10.6 Å². The number of benzene rings is 2. The van der Waals surface area contributed by atoms with E-state index >= 15 is 0 Å². The zero-order valence-corrected chi connectivity index (χ0v) is 21.5. The third-order valence-electron chi connectivity index (χ3n) is 5.36. The Morgan fingerprint density at radius 3 is 1.69 bits per heavy atom. The minimum Gasteiger partial charge on any atom is -0.362 e. The summed E-state index contributed by atoms with van der Waals surface area (Å²) in [5.74, 6) is 0.980. The van der Waals surface area contributed by atoms with Crippen molar-refractivity contribution in [2.75, 3.05) is 23.8 Å². The number of nitrogens with zero attached hydrogens (tertiary/aromatic N) is 2. The first-order valence-corrected chi connectivity index (χ1v) is 14.4. The van der Waals surface area contributed by atoms with Crippen LogP contribution in [0.1, 0.15) is 9.75 Å². The van der Waals surface area contributed by atoms with E-state index in [2.05, 4.69) is 32.7 Å². The van der Waals surface area contributed by atoms with Crippen molar-refractivity contribution in [3.8, 4) is 22.5 Å². The maximum Gasteiger partial charge on any atom is 0.252 e. The van der Waals surface area contributed by atoms with Crippen LogP contribution in [0.5, 0.6) is 0 Å². The van der Waals surface area contributed by atoms with Gasteiger partial charge in [0.15, 0.2) is 10.3 Å². The van der Waals surface area contributed by atoms with Gasteiger partial charge in [0.05, 0.1) is 11.4 Å². The molecule has 35 heavy (non-hydrogen) atoms. The average Bonchev–Trinajstić information content (AvgIpc) is 3.47. The molecular weight excluding hydrogens is 521 g/mol. The van der Waals surface area contributed by atoms with Gasteiger partial charge in [0.25, 0.3) is 11.8 Å². The monoisotopic (exact) mass is 538 g/mol. The van der Waals surface area contributed by atoms with Gasteiger partial charge in [-0.1, -0.05) is 36.4 Å². The van der Waals surface area contributed by atoms with Gasteiger partial charge in [0.2, 0.25) is 0 Å². The number of hydrogen-bond donors (Lipinski definition) is 2. The number of thiazole rings is 2. The number of amides is 2. The van der Waals surface area contributed by atoms with E-state index in [1.165, 1.54) is 32.5 Å². The van der Waals surface area contributed by atoms with Crippen molar-refractivity contribution in [2.24, 2.45) is 0 Å². The van der Waals surface area contributed by atoms with Crippen molar-refractivity contribution >= 4 is 68.3 Å². The van der Waals surface area contributed by atoms with Gasteiger partial charge in [0.1, 0.15) is 13.2 Å². The fourth-order valence-corrected chi connectivity index (χ4v) is 8.07. The number of fused-ring (bicyclic) bond motifs is 6. The second-order valence-corrected chi connectivity index (χ2v) is 11.9. The van der Waals surface area contributed by atoms with E-state index in [9.17, 15) is 9.59 Å². The summed E-state index contributed by atoms with van der Waals surface area (Å²) in [6.07, 6.45) is 0. The zero-order chi connectivity index (χ0) is 23.8. The van der Waals surface area contributed by atoms with Crippen LogP contribution in [0.4, 0.5) is 10.3 Å². The molecule has 4 heterocycles. The summed E-state index contributed by atoms with van der Waals surface area (Å²) in [6, 6.07) is 16.3. The number of rotatable bonds is 6. The molecular formula is C24H18N4O3S4. The van der Waals surface area contributed by atoms with Gasteiger partial charge < -0.3 is 4.74 Å². The Morgan fingerprint density at radius 2 is 1.20 bits per heavy atom. The third-order valence-corrected chi connectivity index (χ3v) is 9.86. The Labute approximate surface area is 217 Å². The Hall–Kier alpha value is -2.70. The maximum atomic E-state index is 12.3. The number of hydrogen-bond acceptors (Lipinski definition) is 9. The molecule has 0 saturated heterocycles. The van der Waals surface area contributed by atoms with Crippen LogP contribution in [0.3, 0.4) is 0 Å². The first kappa shape index (κ1) is 22.7. The molecule has 6 rings (SSSR count). The molecule has 11 heteroatoms. The number of anilines is 2. The van der Waals surface area contributed by atoms with Crippen LogP contribution in [0, 0.1) is 0 Å². The second-order valence-electron chi connectivity index (χ2n) is 7.74. The lowest BCUT2D eigenvalue weighted by atomic mass is 10.1. The van der Waals surface area contributed by atoms with Gasteiger partial charge in [0, 0.05) is 42.2 Å². The summed E-state index contributed by atoms with van der Waals surface area (Å²) >= 11 is 6.48. The minimum absolute atomic E-state index is 0.235. The molecule has 2 aliphatic heterocycles. The van der Waals surface area contributed by atoms with Crippen molar-refractivity contribution in [3.63, 3.8) is 0 Å². The number of carbonyl (C=O) groups is 2. The maximum absolute atomic E-state index is 12.3. The van der Waals surface area contributed by atoms with Crippen LogP contribution in [0.2, 0.25) is 0 Å². The predicted molar refractivity (Wildman–Crippen MR) is 142 cm³/mol. The summed E-state index contributed by atoms with van der Waals surface area (Å²) in [5, 5.41) is 6.65. The van der Waals surface area contributed by atoms with Gasteiger partial charge in [-0.05, 0) is 12.1 Å². The molecule has 2 amide bonds. The molecule has 0 unspecified atom stereocenters. The highest BCUT2D eigenvalue weighted by Crippen LogP contribution is 2.45. The molecule has 2 aromatic carbocycles. The highest BCUT2D eigenvalue weighted by Gasteiger charge is 2.23. The van der Waals surface area contributed by atoms with Crippen LogP contribution >= 0.6 is 46.2 Å². The Balaban J connectivity index is 1.01. The molecule has 0 aliphatic carbocycles. The van der Waals surface area contributed by atoms with E-state index in [-0.39, 0.29) is 25.0 Å². The fourth-order valence-electron chi connectivity index (χ4n) is 3.84. The van der Waals surface area contributed by atoms with Gasteiger partial charge in [-0.2, -0.15) is 0 Å². The van der Waals surface area contributed by atoms with E-state index in [1.54, 1.807) is 23.5 Å². The molecule has 0 fully saturated rings. The normalized spacial score (nSPS) is 13.3. The SMILES string of the molecule is O=C(COCC(=O)Nc1nc2c(s1)CSc1ccccc1-2)Nc1nc2c(s1)CSc1ccccc1-2. The average molecular weight is 539 g/mol. The molecule has 2 aromatic heterocycles. The lowest BCUT2D eigenvalue weighted by Crippen LogP contribution is -2.23. The Morgan fingerprint density at radius 1 is 0.743 bits per heavy atom. The lowest BCUT2D eigenvalue weighted by Gasteiger charge is -2.13. The number of thioether (sulfide) groups is 2. The van der Waals surface area contributed by atoms with Crippen LogP contribution in [0.15, 0.2) is 58.3 Å². The molecule has 0 bridgehead atoms. The van der Waals surface area contributed by atoms with Gasteiger partial charge in [-0.3, -0.25) is 20.2 Å². The highest BCUT2D eigenvalue weighted by molar-refractivity contribution is 7.99. The van der Waals surface area contributed by atoms with Crippen molar-refractivity contribution < 1.29 is 14.3 Å². The predicted octanol–water partition coefficient (Wildman–Crippen LogP) is 5.74. The van der Waals surface area contributed by atoms with E-state index in [4.69, 9.17) is 4.74 Å². The first-order chi connectivity index (χ1) is 17.1. The molecule has 176 valence electrons. The number of aromatic nitrogens is 2. The van der Waals surface area contributed by atoms with Crippen molar-refractivity contribution in [1.82, 2.24) is 9.97 Å². The first-order valence-electron chi connectivity index (χ1n) is 10.8. The van der Waals surface area contributed by atoms with E-state index in [1.807, 2.05) is 36.4 Å². The largest absolute Gasteiger partial charge is 0.362 e. The van der Waals surface area contributed by atoms with Crippen molar-refractivity contribution in [1.29, 1.82) is 0 Å². The zero-order valence-electron chi connectivity index (χ0n) is 18.2. The molecule has 2 aliphatic rings. The standard InChI is InChI=1S/C24H18N4O3S4/c29-19(25-23-27-21-13-5-1-3-7-15(13)32-11-17(21)34-23)9-31-10-20(30)26-24-28-22-14-6-2-4-8-16(14)33-12-18(22)35-24/h1-8H,9-12H2,(H,25,27,29)(H,26,28,30).